The average Bonchev–Trinajstić information content (AvgIpc) is 2.49. The summed E-state index contributed by atoms with van der Waals surface area (Å²) in [6.07, 6.45) is 4.84. The van der Waals surface area contributed by atoms with Gasteiger partial charge in [-0.1, -0.05) is 43.3 Å². The maximum atomic E-state index is 10.9. The summed E-state index contributed by atoms with van der Waals surface area (Å²) in [7, 11) is 0. The number of hydrogen-bond acceptors (Lipinski definition) is 4. The SMILES string of the molecule is CCc1ccccc1C=CCOC(CO)CC(C)OC(C)=O. The first-order chi connectivity index (χ1) is 10.6. The lowest BCUT2D eigenvalue weighted by atomic mass is 10.1. The zero-order valence-electron chi connectivity index (χ0n) is 13.6. The van der Waals surface area contributed by atoms with E-state index in [4.69, 9.17) is 9.47 Å². The molecule has 0 saturated heterocycles. The predicted octanol–water partition coefficient (Wildman–Crippen LogP) is 2.98. The zero-order valence-corrected chi connectivity index (χ0v) is 13.6. The molecule has 22 heavy (non-hydrogen) atoms. The van der Waals surface area contributed by atoms with Gasteiger partial charge >= 0.3 is 5.97 Å². The Morgan fingerprint density at radius 1 is 1.36 bits per heavy atom. The predicted molar refractivity (Wildman–Crippen MR) is 87.5 cm³/mol. The Hall–Kier alpha value is -1.65. The molecular weight excluding hydrogens is 280 g/mol. The molecule has 0 aliphatic heterocycles. The maximum absolute atomic E-state index is 10.9. The van der Waals surface area contributed by atoms with Gasteiger partial charge < -0.3 is 14.6 Å². The first-order valence-electron chi connectivity index (χ1n) is 7.70. The van der Waals surface area contributed by atoms with Crippen LogP contribution in [0.1, 0.15) is 38.3 Å². The zero-order chi connectivity index (χ0) is 16.4. The van der Waals surface area contributed by atoms with Gasteiger partial charge in [-0.05, 0) is 24.5 Å². The summed E-state index contributed by atoms with van der Waals surface area (Å²) in [6.45, 7) is 5.61. The third-order valence-electron chi connectivity index (χ3n) is 3.33. The summed E-state index contributed by atoms with van der Waals surface area (Å²) in [5, 5.41) is 9.32. The molecule has 0 amide bonds. The van der Waals surface area contributed by atoms with E-state index in [1.54, 1.807) is 6.92 Å². The summed E-state index contributed by atoms with van der Waals surface area (Å²) in [4.78, 5) is 10.9. The summed E-state index contributed by atoms with van der Waals surface area (Å²) in [6, 6.07) is 8.22. The molecule has 1 rings (SSSR count). The molecule has 0 fully saturated rings. The lowest BCUT2D eigenvalue weighted by Crippen LogP contribution is -2.25. The van der Waals surface area contributed by atoms with Gasteiger partial charge in [0.25, 0.3) is 0 Å². The van der Waals surface area contributed by atoms with Gasteiger partial charge in [-0.2, -0.15) is 0 Å². The molecule has 1 aromatic carbocycles. The van der Waals surface area contributed by atoms with Crippen molar-refractivity contribution in [3.63, 3.8) is 0 Å². The number of esters is 1. The molecule has 0 bridgehead atoms. The van der Waals surface area contributed by atoms with Crippen molar-refractivity contribution in [3.05, 3.63) is 41.5 Å². The summed E-state index contributed by atoms with van der Waals surface area (Å²) < 4.78 is 10.7. The van der Waals surface area contributed by atoms with Crippen molar-refractivity contribution in [2.75, 3.05) is 13.2 Å². The molecule has 0 aliphatic rings. The van der Waals surface area contributed by atoms with Gasteiger partial charge in [0, 0.05) is 13.3 Å². The van der Waals surface area contributed by atoms with E-state index in [9.17, 15) is 9.90 Å². The fraction of sp³-hybridized carbons (Fsp3) is 0.500. The smallest absolute Gasteiger partial charge is 0.302 e. The standard InChI is InChI=1S/C18H26O4/c1-4-16-8-5-6-9-17(16)10-7-11-21-18(13-19)12-14(2)22-15(3)20/h5-10,14,18-19H,4,11-13H2,1-3H3. The summed E-state index contributed by atoms with van der Waals surface area (Å²) in [5.74, 6) is -0.319. The third-order valence-corrected chi connectivity index (χ3v) is 3.33. The van der Waals surface area contributed by atoms with Crippen molar-refractivity contribution >= 4 is 12.0 Å². The molecule has 4 nitrogen and oxygen atoms in total. The topological polar surface area (TPSA) is 55.8 Å². The normalized spacial score (nSPS) is 14.0. The van der Waals surface area contributed by atoms with Gasteiger partial charge in [0.05, 0.1) is 19.3 Å². The highest BCUT2D eigenvalue weighted by molar-refractivity contribution is 5.66. The van der Waals surface area contributed by atoms with Crippen molar-refractivity contribution < 1.29 is 19.4 Å². The van der Waals surface area contributed by atoms with E-state index in [1.165, 1.54) is 18.1 Å². The van der Waals surface area contributed by atoms with E-state index in [0.29, 0.717) is 13.0 Å². The Labute approximate surface area is 132 Å². The molecular formula is C18H26O4. The molecule has 2 unspecified atom stereocenters. The van der Waals surface area contributed by atoms with Crippen molar-refractivity contribution in [1.29, 1.82) is 0 Å². The monoisotopic (exact) mass is 306 g/mol. The number of hydrogen-bond donors (Lipinski definition) is 1. The maximum Gasteiger partial charge on any atom is 0.302 e. The third kappa shape index (κ3) is 6.87. The van der Waals surface area contributed by atoms with E-state index in [1.807, 2.05) is 24.3 Å². The molecule has 2 atom stereocenters. The second kappa shape index (κ2) is 10.1. The van der Waals surface area contributed by atoms with E-state index in [-0.39, 0.29) is 24.8 Å². The van der Waals surface area contributed by atoms with E-state index in [0.717, 1.165) is 6.42 Å². The molecule has 1 N–H and O–H groups in total. The van der Waals surface area contributed by atoms with Crippen LogP contribution in [-0.2, 0) is 20.7 Å². The number of benzene rings is 1. The van der Waals surface area contributed by atoms with Crippen LogP contribution >= 0.6 is 0 Å². The molecule has 0 aromatic heterocycles. The number of aliphatic hydroxyl groups excluding tert-OH is 1. The lowest BCUT2D eigenvalue weighted by Gasteiger charge is -2.19. The molecule has 0 aliphatic carbocycles. The quantitative estimate of drug-likeness (QED) is 0.713. The Bertz CT molecular complexity index is 482. The highest BCUT2D eigenvalue weighted by atomic mass is 16.5. The van der Waals surface area contributed by atoms with Crippen LogP contribution in [0.3, 0.4) is 0 Å². The lowest BCUT2D eigenvalue weighted by molar-refractivity contribution is -0.147. The number of carbonyl (C=O) groups excluding carboxylic acids is 1. The van der Waals surface area contributed by atoms with E-state index < -0.39 is 0 Å². The van der Waals surface area contributed by atoms with Gasteiger partial charge in [0.15, 0.2) is 0 Å². The minimum Gasteiger partial charge on any atom is -0.463 e. The van der Waals surface area contributed by atoms with Crippen molar-refractivity contribution in [1.82, 2.24) is 0 Å². The average molecular weight is 306 g/mol. The molecule has 0 saturated carbocycles. The molecule has 0 heterocycles. The van der Waals surface area contributed by atoms with Crippen LogP contribution < -0.4 is 0 Å². The van der Waals surface area contributed by atoms with Crippen LogP contribution in [0.15, 0.2) is 30.3 Å². The van der Waals surface area contributed by atoms with Crippen LogP contribution in [0.25, 0.3) is 6.08 Å². The van der Waals surface area contributed by atoms with Crippen molar-refractivity contribution in [3.8, 4) is 0 Å². The van der Waals surface area contributed by atoms with E-state index >= 15 is 0 Å². The van der Waals surface area contributed by atoms with Crippen molar-refractivity contribution in [2.24, 2.45) is 0 Å². The van der Waals surface area contributed by atoms with Crippen LogP contribution in [-0.4, -0.2) is 36.5 Å². The van der Waals surface area contributed by atoms with Crippen molar-refractivity contribution in [2.45, 2.75) is 45.8 Å². The Morgan fingerprint density at radius 2 is 2.09 bits per heavy atom. The van der Waals surface area contributed by atoms with Crippen LogP contribution in [0, 0.1) is 0 Å². The Morgan fingerprint density at radius 3 is 2.73 bits per heavy atom. The molecule has 122 valence electrons. The van der Waals surface area contributed by atoms with Crippen LogP contribution in [0.2, 0.25) is 0 Å². The van der Waals surface area contributed by atoms with E-state index in [2.05, 4.69) is 19.1 Å². The largest absolute Gasteiger partial charge is 0.463 e. The van der Waals surface area contributed by atoms with Gasteiger partial charge in [-0.3, -0.25) is 4.79 Å². The number of carbonyl (C=O) groups is 1. The summed E-state index contributed by atoms with van der Waals surface area (Å²) >= 11 is 0. The fourth-order valence-electron chi connectivity index (χ4n) is 2.28. The van der Waals surface area contributed by atoms with Gasteiger partial charge in [-0.25, -0.2) is 0 Å². The van der Waals surface area contributed by atoms with Crippen LogP contribution in [0.5, 0.6) is 0 Å². The summed E-state index contributed by atoms with van der Waals surface area (Å²) in [5.41, 5.74) is 2.48. The van der Waals surface area contributed by atoms with Gasteiger partial charge in [0.1, 0.15) is 6.10 Å². The number of ether oxygens (including phenoxy) is 2. The van der Waals surface area contributed by atoms with Gasteiger partial charge in [0.2, 0.25) is 0 Å². The second-order valence-corrected chi connectivity index (χ2v) is 5.25. The van der Waals surface area contributed by atoms with Crippen LogP contribution in [0.4, 0.5) is 0 Å². The minimum absolute atomic E-state index is 0.0923. The number of aryl methyl sites for hydroxylation is 1. The number of aliphatic hydroxyl groups is 1. The highest BCUT2D eigenvalue weighted by Crippen LogP contribution is 2.12. The Balaban J connectivity index is 2.43. The molecule has 1 aromatic rings. The first-order valence-corrected chi connectivity index (χ1v) is 7.70. The molecule has 0 radical (unpaired) electrons. The number of rotatable bonds is 9. The molecule has 4 heteroatoms. The molecule has 0 spiro atoms. The van der Waals surface area contributed by atoms with Gasteiger partial charge in [-0.15, -0.1) is 0 Å². The fourth-order valence-corrected chi connectivity index (χ4v) is 2.28. The second-order valence-electron chi connectivity index (χ2n) is 5.25. The first kappa shape index (κ1) is 18.4. The Kier molecular flexibility index (Phi) is 8.48. The highest BCUT2D eigenvalue weighted by Gasteiger charge is 2.14. The minimum atomic E-state index is -0.333.